The Labute approximate surface area is 87.5 Å². The normalized spacial score (nSPS) is 22.2. The van der Waals surface area contributed by atoms with E-state index in [0.29, 0.717) is 11.2 Å². The van der Waals surface area contributed by atoms with E-state index in [4.69, 9.17) is 5.73 Å². The number of likely N-dealkylation sites (N-methyl/N-ethyl adjacent to an activating group) is 1. The zero-order chi connectivity index (χ0) is 10.1. The Bertz CT molecular complexity index is 310. The maximum atomic E-state index is 5.55. The summed E-state index contributed by atoms with van der Waals surface area (Å²) in [5.41, 5.74) is 5.55. The van der Waals surface area contributed by atoms with Gasteiger partial charge in [0, 0.05) is 19.1 Å². The molecule has 0 aromatic carbocycles. The summed E-state index contributed by atoms with van der Waals surface area (Å²) >= 11 is 1.46. The first-order valence-electron chi connectivity index (χ1n) is 4.67. The van der Waals surface area contributed by atoms with E-state index in [9.17, 15) is 0 Å². The SMILES string of the molecule is CN(C)C1CCN(c2nnc(N)s2)C1. The molecule has 1 aromatic heterocycles. The van der Waals surface area contributed by atoms with Gasteiger partial charge in [-0.15, -0.1) is 10.2 Å². The highest BCUT2D eigenvalue weighted by molar-refractivity contribution is 7.18. The second-order valence-electron chi connectivity index (χ2n) is 3.77. The minimum atomic E-state index is 0.549. The lowest BCUT2D eigenvalue weighted by Crippen LogP contribution is -2.31. The van der Waals surface area contributed by atoms with Gasteiger partial charge in [-0.3, -0.25) is 0 Å². The van der Waals surface area contributed by atoms with Crippen LogP contribution in [0.3, 0.4) is 0 Å². The Balaban J connectivity index is 2.02. The second-order valence-corrected chi connectivity index (χ2v) is 4.76. The summed E-state index contributed by atoms with van der Waals surface area (Å²) in [5.74, 6) is 0. The molecule has 14 heavy (non-hydrogen) atoms. The number of nitrogen functional groups attached to an aromatic ring is 1. The zero-order valence-corrected chi connectivity index (χ0v) is 9.29. The number of aromatic nitrogens is 2. The van der Waals surface area contributed by atoms with Gasteiger partial charge >= 0.3 is 0 Å². The van der Waals surface area contributed by atoms with Crippen molar-refractivity contribution in [3.05, 3.63) is 0 Å². The van der Waals surface area contributed by atoms with Gasteiger partial charge in [-0.1, -0.05) is 11.3 Å². The third-order valence-corrected chi connectivity index (χ3v) is 3.41. The Morgan fingerprint density at radius 1 is 1.50 bits per heavy atom. The summed E-state index contributed by atoms with van der Waals surface area (Å²) in [6.45, 7) is 2.08. The summed E-state index contributed by atoms with van der Waals surface area (Å²) in [6.07, 6.45) is 1.19. The smallest absolute Gasteiger partial charge is 0.210 e. The molecular formula is C8H15N5S. The average Bonchev–Trinajstić information content (AvgIpc) is 2.70. The molecule has 1 aromatic rings. The highest BCUT2D eigenvalue weighted by Crippen LogP contribution is 2.26. The molecule has 5 nitrogen and oxygen atoms in total. The molecule has 0 radical (unpaired) electrons. The quantitative estimate of drug-likeness (QED) is 0.763. The molecule has 1 saturated heterocycles. The van der Waals surface area contributed by atoms with E-state index in [1.54, 1.807) is 0 Å². The van der Waals surface area contributed by atoms with Gasteiger partial charge < -0.3 is 15.5 Å². The van der Waals surface area contributed by atoms with Crippen LogP contribution in [0.1, 0.15) is 6.42 Å². The maximum Gasteiger partial charge on any atom is 0.210 e. The van der Waals surface area contributed by atoms with Crippen molar-refractivity contribution in [2.75, 3.05) is 37.8 Å². The van der Waals surface area contributed by atoms with E-state index in [1.807, 2.05) is 0 Å². The van der Waals surface area contributed by atoms with Crippen molar-refractivity contribution in [1.29, 1.82) is 0 Å². The first-order chi connectivity index (χ1) is 6.66. The molecule has 78 valence electrons. The Morgan fingerprint density at radius 2 is 2.29 bits per heavy atom. The Hall–Kier alpha value is -0.880. The third kappa shape index (κ3) is 1.80. The zero-order valence-electron chi connectivity index (χ0n) is 8.47. The minimum Gasteiger partial charge on any atom is -0.374 e. The van der Waals surface area contributed by atoms with Gasteiger partial charge in [0.15, 0.2) is 0 Å². The third-order valence-electron chi connectivity index (χ3n) is 2.59. The first kappa shape index (κ1) is 9.67. The molecule has 0 aliphatic carbocycles. The summed E-state index contributed by atoms with van der Waals surface area (Å²) in [4.78, 5) is 4.50. The molecule has 6 heteroatoms. The van der Waals surface area contributed by atoms with Crippen LogP contribution in [0.15, 0.2) is 0 Å². The lowest BCUT2D eigenvalue weighted by Gasteiger charge is -2.19. The summed E-state index contributed by atoms with van der Waals surface area (Å²) < 4.78 is 0. The van der Waals surface area contributed by atoms with Gasteiger partial charge in [0.2, 0.25) is 10.3 Å². The molecule has 1 unspecified atom stereocenters. The number of hydrogen-bond acceptors (Lipinski definition) is 6. The average molecular weight is 213 g/mol. The van der Waals surface area contributed by atoms with Gasteiger partial charge in [0.05, 0.1) is 0 Å². The summed E-state index contributed by atoms with van der Waals surface area (Å²) in [6, 6.07) is 0.625. The minimum absolute atomic E-state index is 0.549. The van der Waals surface area contributed by atoms with Gasteiger partial charge in [-0.05, 0) is 20.5 Å². The fourth-order valence-corrected chi connectivity index (χ4v) is 2.34. The van der Waals surface area contributed by atoms with Crippen LogP contribution in [0.4, 0.5) is 10.3 Å². The van der Waals surface area contributed by atoms with Crippen LogP contribution in [0, 0.1) is 0 Å². The molecule has 1 aliphatic heterocycles. The van der Waals surface area contributed by atoms with E-state index >= 15 is 0 Å². The maximum absolute atomic E-state index is 5.55. The lowest BCUT2D eigenvalue weighted by atomic mass is 10.2. The molecule has 0 bridgehead atoms. The fraction of sp³-hybridized carbons (Fsp3) is 0.750. The van der Waals surface area contributed by atoms with Gasteiger partial charge in [-0.2, -0.15) is 0 Å². The number of anilines is 2. The Morgan fingerprint density at radius 3 is 2.79 bits per heavy atom. The van der Waals surface area contributed by atoms with E-state index < -0.39 is 0 Å². The molecule has 2 N–H and O–H groups in total. The van der Waals surface area contributed by atoms with Crippen molar-refractivity contribution in [1.82, 2.24) is 15.1 Å². The molecule has 0 amide bonds. The van der Waals surface area contributed by atoms with E-state index in [0.717, 1.165) is 18.2 Å². The van der Waals surface area contributed by atoms with Gasteiger partial charge in [-0.25, -0.2) is 0 Å². The van der Waals surface area contributed by atoms with Crippen molar-refractivity contribution in [3.63, 3.8) is 0 Å². The largest absolute Gasteiger partial charge is 0.374 e. The van der Waals surface area contributed by atoms with Crippen LogP contribution < -0.4 is 10.6 Å². The van der Waals surface area contributed by atoms with Gasteiger partial charge in [0.25, 0.3) is 0 Å². The number of nitrogens with two attached hydrogens (primary N) is 1. The van der Waals surface area contributed by atoms with Crippen LogP contribution >= 0.6 is 11.3 Å². The Kier molecular flexibility index (Phi) is 2.56. The molecule has 1 fully saturated rings. The predicted octanol–water partition coefficient (Wildman–Crippen LogP) is 0.261. The second kappa shape index (κ2) is 3.70. The van der Waals surface area contributed by atoms with Crippen molar-refractivity contribution in [2.45, 2.75) is 12.5 Å². The molecule has 1 atom stereocenters. The number of hydrogen-bond donors (Lipinski definition) is 1. The first-order valence-corrected chi connectivity index (χ1v) is 5.49. The van der Waals surface area contributed by atoms with E-state index in [1.165, 1.54) is 17.8 Å². The molecule has 2 heterocycles. The monoisotopic (exact) mass is 213 g/mol. The van der Waals surface area contributed by atoms with Crippen molar-refractivity contribution >= 4 is 21.6 Å². The molecular weight excluding hydrogens is 198 g/mol. The molecule has 2 rings (SSSR count). The number of nitrogens with zero attached hydrogens (tertiary/aromatic N) is 4. The van der Waals surface area contributed by atoms with Crippen LogP contribution in [-0.4, -0.2) is 48.3 Å². The molecule has 1 aliphatic rings. The van der Waals surface area contributed by atoms with Crippen LogP contribution in [-0.2, 0) is 0 Å². The van der Waals surface area contributed by atoms with Gasteiger partial charge in [0.1, 0.15) is 0 Å². The van der Waals surface area contributed by atoms with Crippen LogP contribution in [0.5, 0.6) is 0 Å². The van der Waals surface area contributed by atoms with Crippen LogP contribution in [0.25, 0.3) is 0 Å². The standard InChI is InChI=1S/C8H15N5S/c1-12(2)6-3-4-13(5-6)8-11-10-7(9)14-8/h6H,3-5H2,1-2H3,(H2,9,10). The molecule has 0 spiro atoms. The number of rotatable bonds is 2. The highest BCUT2D eigenvalue weighted by Gasteiger charge is 2.25. The highest BCUT2D eigenvalue weighted by atomic mass is 32.1. The fourth-order valence-electron chi connectivity index (χ4n) is 1.69. The van der Waals surface area contributed by atoms with E-state index in [-0.39, 0.29) is 0 Å². The predicted molar refractivity (Wildman–Crippen MR) is 58.6 cm³/mol. The van der Waals surface area contributed by atoms with Crippen LogP contribution in [0.2, 0.25) is 0 Å². The molecule has 0 saturated carbocycles. The topological polar surface area (TPSA) is 58.3 Å². The van der Waals surface area contributed by atoms with Crippen molar-refractivity contribution in [2.24, 2.45) is 0 Å². The summed E-state index contributed by atoms with van der Waals surface area (Å²) in [7, 11) is 4.23. The van der Waals surface area contributed by atoms with Crippen molar-refractivity contribution in [3.8, 4) is 0 Å². The van der Waals surface area contributed by atoms with Crippen molar-refractivity contribution < 1.29 is 0 Å². The van der Waals surface area contributed by atoms with E-state index in [2.05, 4.69) is 34.1 Å². The lowest BCUT2D eigenvalue weighted by molar-refractivity contribution is 0.315. The summed E-state index contributed by atoms with van der Waals surface area (Å²) in [5, 5.41) is 9.36.